The van der Waals surface area contributed by atoms with E-state index in [4.69, 9.17) is 9.47 Å². The van der Waals surface area contributed by atoms with Gasteiger partial charge in [-0.15, -0.1) is 0 Å². The van der Waals surface area contributed by atoms with Crippen molar-refractivity contribution < 1.29 is 22.7 Å². The zero-order valence-corrected chi connectivity index (χ0v) is 19.9. The van der Waals surface area contributed by atoms with E-state index in [-0.39, 0.29) is 23.0 Å². The van der Waals surface area contributed by atoms with Gasteiger partial charge in [-0.25, -0.2) is 8.42 Å². The first kappa shape index (κ1) is 23.6. The van der Waals surface area contributed by atoms with Crippen molar-refractivity contribution in [2.75, 3.05) is 59.0 Å². The number of morpholine rings is 2. The predicted molar refractivity (Wildman–Crippen MR) is 121 cm³/mol. The van der Waals surface area contributed by atoms with Crippen molar-refractivity contribution in [2.24, 2.45) is 5.92 Å². The van der Waals surface area contributed by atoms with Gasteiger partial charge in [-0.3, -0.25) is 9.69 Å². The SMILES string of the molecule is CC1CN(CC2CCN(C(=O)c3cccc(S(=O)(=O)N4CCOCC4)c3)CC2)CC(C)O1. The Hall–Kier alpha value is -1.52. The summed E-state index contributed by atoms with van der Waals surface area (Å²) in [6, 6.07) is 6.46. The zero-order chi connectivity index (χ0) is 22.7. The molecule has 9 heteroatoms. The number of rotatable bonds is 5. The molecule has 0 saturated carbocycles. The van der Waals surface area contributed by atoms with Crippen LogP contribution in [0.3, 0.4) is 0 Å². The molecule has 0 spiro atoms. The van der Waals surface area contributed by atoms with Crippen LogP contribution >= 0.6 is 0 Å². The maximum Gasteiger partial charge on any atom is 0.253 e. The predicted octanol–water partition coefficient (Wildman–Crippen LogP) is 1.67. The number of sulfonamides is 1. The van der Waals surface area contributed by atoms with Gasteiger partial charge in [0.15, 0.2) is 0 Å². The van der Waals surface area contributed by atoms with Crippen molar-refractivity contribution in [3.63, 3.8) is 0 Å². The fourth-order valence-corrected chi connectivity index (χ4v) is 6.48. The minimum Gasteiger partial charge on any atom is -0.379 e. The normalized spacial score (nSPS) is 26.9. The molecule has 0 radical (unpaired) electrons. The van der Waals surface area contributed by atoms with Crippen LogP contribution in [-0.4, -0.2) is 99.7 Å². The summed E-state index contributed by atoms with van der Waals surface area (Å²) in [5.74, 6) is 0.487. The Labute approximate surface area is 191 Å². The van der Waals surface area contributed by atoms with Crippen molar-refractivity contribution in [1.29, 1.82) is 0 Å². The van der Waals surface area contributed by atoms with Gasteiger partial charge in [0.25, 0.3) is 5.91 Å². The Balaban J connectivity index is 1.35. The molecule has 0 bridgehead atoms. The van der Waals surface area contributed by atoms with E-state index in [1.165, 1.54) is 10.4 Å². The van der Waals surface area contributed by atoms with Crippen LogP contribution in [0.2, 0.25) is 0 Å². The summed E-state index contributed by atoms with van der Waals surface area (Å²) >= 11 is 0. The lowest BCUT2D eigenvalue weighted by molar-refractivity contribution is -0.0728. The largest absolute Gasteiger partial charge is 0.379 e. The average molecular weight is 466 g/mol. The summed E-state index contributed by atoms with van der Waals surface area (Å²) in [5.41, 5.74) is 0.439. The van der Waals surface area contributed by atoms with E-state index in [1.54, 1.807) is 18.2 Å². The lowest BCUT2D eigenvalue weighted by Crippen LogP contribution is -2.48. The molecule has 3 heterocycles. The molecular weight excluding hydrogens is 430 g/mol. The van der Waals surface area contributed by atoms with Crippen LogP contribution in [0.25, 0.3) is 0 Å². The standard InChI is InChI=1S/C23H35N3O5S/c1-18-15-24(16-19(2)31-18)17-20-6-8-25(9-7-20)23(27)21-4-3-5-22(14-21)32(28,29)26-10-12-30-13-11-26/h3-5,14,18-20H,6-13,15-17H2,1-2H3. The lowest BCUT2D eigenvalue weighted by atomic mass is 9.95. The zero-order valence-electron chi connectivity index (χ0n) is 19.1. The second kappa shape index (κ2) is 10.2. The lowest BCUT2D eigenvalue weighted by Gasteiger charge is -2.39. The van der Waals surface area contributed by atoms with Crippen LogP contribution in [0.5, 0.6) is 0 Å². The Bertz CT molecular complexity index is 885. The highest BCUT2D eigenvalue weighted by Crippen LogP contribution is 2.24. The minimum absolute atomic E-state index is 0.0869. The molecule has 3 aliphatic rings. The molecule has 1 amide bonds. The van der Waals surface area contributed by atoms with Crippen LogP contribution < -0.4 is 0 Å². The van der Waals surface area contributed by atoms with Gasteiger partial charge in [-0.2, -0.15) is 4.31 Å². The number of carbonyl (C=O) groups is 1. The van der Waals surface area contributed by atoms with Crippen molar-refractivity contribution in [3.8, 4) is 0 Å². The van der Waals surface area contributed by atoms with Gasteiger partial charge in [-0.1, -0.05) is 6.07 Å². The molecule has 178 valence electrons. The fraction of sp³-hybridized carbons (Fsp3) is 0.696. The van der Waals surface area contributed by atoms with Gasteiger partial charge in [-0.05, 0) is 50.8 Å². The summed E-state index contributed by atoms with van der Waals surface area (Å²) in [5, 5.41) is 0. The molecule has 3 saturated heterocycles. The fourth-order valence-electron chi connectivity index (χ4n) is 5.03. The molecule has 8 nitrogen and oxygen atoms in total. The summed E-state index contributed by atoms with van der Waals surface area (Å²) in [7, 11) is -3.62. The van der Waals surface area contributed by atoms with Crippen molar-refractivity contribution in [3.05, 3.63) is 29.8 Å². The van der Waals surface area contributed by atoms with Crippen molar-refractivity contribution in [1.82, 2.24) is 14.1 Å². The van der Waals surface area contributed by atoms with E-state index in [2.05, 4.69) is 18.7 Å². The molecule has 32 heavy (non-hydrogen) atoms. The summed E-state index contributed by atoms with van der Waals surface area (Å²) in [6.45, 7) is 10.1. The molecule has 3 fully saturated rings. The van der Waals surface area contributed by atoms with Gasteiger partial charge in [0, 0.05) is 51.4 Å². The van der Waals surface area contributed by atoms with E-state index < -0.39 is 10.0 Å². The summed E-state index contributed by atoms with van der Waals surface area (Å²) in [4.78, 5) is 17.6. The molecule has 0 N–H and O–H groups in total. The molecule has 3 aliphatic heterocycles. The number of carbonyl (C=O) groups excluding carboxylic acids is 1. The smallest absolute Gasteiger partial charge is 0.253 e. The molecular formula is C23H35N3O5S. The van der Waals surface area contributed by atoms with Gasteiger partial charge < -0.3 is 14.4 Å². The van der Waals surface area contributed by atoms with E-state index in [1.807, 2.05) is 4.90 Å². The number of ether oxygens (including phenoxy) is 2. The molecule has 2 unspecified atom stereocenters. The van der Waals surface area contributed by atoms with Crippen molar-refractivity contribution in [2.45, 2.75) is 43.8 Å². The van der Waals surface area contributed by atoms with Crippen LogP contribution in [0, 0.1) is 5.92 Å². The number of benzene rings is 1. The number of piperidine rings is 1. The van der Waals surface area contributed by atoms with Crippen LogP contribution in [0.1, 0.15) is 37.0 Å². The van der Waals surface area contributed by atoms with E-state index in [9.17, 15) is 13.2 Å². The number of likely N-dealkylation sites (tertiary alicyclic amines) is 1. The molecule has 2 atom stereocenters. The summed E-state index contributed by atoms with van der Waals surface area (Å²) < 4.78 is 38.4. The highest BCUT2D eigenvalue weighted by molar-refractivity contribution is 7.89. The third kappa shape index (κ3) is 5.51. The third-order valence-corrected chi connectivity index (χ3v) is 8.50. The molecule has 1 aromatic rings. The van der Waals surface area contributed by atoms with Crippen molar-refractivity contribution >= 4 is 15.9 Å². The molecule has 0 aliphatic carbocycles. The van der Waals surface area contributed by atoms with Gasteiger partial charge in [0.05, 0.1) is 30.3 Å². The van der Waals surface area contributed by atoms with Crippen LogP contribution in [0.15, 0.2) is 29.2 Å². The Morgan fingerprint density at radius 1 is 1.03 bits per heavy atom. The Morgan fingerprint density at radius 3 is 2.34 bits per heavy atom. The Kier molecular flexibility index (Phi) is 7.51. The molecule has 1 aromatic carbocycles. The molecule has 0 aromatic heterocycles. The molecule has 4 rings (SSSR count). The van der Waals surface area contributed by atoms with Gasteiger partial charge in [0.2, 0.25) is 10.0 Å². The number of hydrogen-bond donors (Lipinski definition) is 0. The topological polar surface area (TPSA) is 79.4 Å². The maximum atomic E-state index is 13.1. The number of nitrogens with zero attached hydrogens (tertiary/aromatic N) is 3. The second-order valence-corrected chi connectivity index (χ2v) is 11.2. The Morgan fingerprint density at radius 2 is 1.69 bits per heavy atom. The van der Waals surface area contributed by atoms with E-state index in [0.29, 0.717) is 50.9 Å². The average Bonchev–Trinajstić information content (AvgIpc) is 2.79. The van der Waals surface area contributed by atoms with E-state index in [0.717, 1.165) is 32.5 Å². The highest BCUT2D eigenvalue weighted by Gasteiger charge is 2.30. The third-order valence-electron chi connectivity index (χ3n) is 6.60. The minimum atomic E-state index is -3.62. The summed E-state index contributed by atoms with van der Waals surface area (Å²) in [6.07, 6.45) is 2.47. The number of amides is 1. The monoisotopic (exact) mass is 465 g/mol. The quantitative estimate of drug-likeness (QED) is 0.658. The van der Waals surface area contributed by atoms with E-state index >= 15 is 0 Å². The second-order valence-electron chi connectivity index (χ2n) is 9.26. The van der Waals surface area contributed by atoms with Crippen LogP contribution in [-0.2, 0) is 19.5 Å². The van der Waals surface area contributed by atoms with Gasteiger partial charge >= 0.3 is 0 Å². The highest BCUT2D eigenvalue weighted by atomic mass is 32.2. The first-order valence-electron chi connectivity index (χ1n) is 11.7. The maximum absolute atomic E-state index is 13.1. The first-order chi connectivity index (χ1) is 15.3. The van der Waals surface area contributed by atoms with Gasteiger partial charge in [0.1, 0.15) is 0 Å². The van der Waals surface area contributed by atoms with Crippen LogP contribution in [0.4, 0.5) is 0 Å². The number of hydrogen-bond acceptors (Lipinski definition) is 6. The first-order valence-corrected chi connectivity index (χ1v) is 13.1.